The summed E-state index contributed by atoms with van der Waals surface area (Å²) >= 11 is 1.62. The average molecular weight is 254 g/mol. The van der Waals surface area contributed by atoms with E-state index in [-0.39, 0.29) is 0 Å². The summed E-state index contributed by atoms with van der Waals surface area (Å²) in [6, 6.07) is 3.04. The highest BCUT2D eigenvalue weighted by atomic mass is 32.2. The Labute approximate surface area is 104 Å². The van der Waals surface area contributed by atoms with Gasteiger partial charge in [0.2, 0.25) is 6.41 Å². The van der Waals surface area contributed by atoms with Gasteiger partial charge in [0.25, 0.3) is 0 Å². The summed E-state index contributed by atoms with van der Waals surface area (Å²) in [6.45, 7) is 0. The maximum Gasteiger partial charge on any atom is 0.326 e. The van der Waals surface area contributed by atoms with Crippen LogP contribution >= 0.6 is 11.8 Å². The van der Waals surface area contributed by atoms with E-state index in [1.807, 2.05) is 12.1 Å². The van der Waals surface area contributed by atoms with E-state index in [1.54, 1.807) is 24.2 Å². The lowest BCUT2D eigenvalue weighted by molar-refractivity contribution is -0.140. The molecule has 2 N–H and O–H groups in total. The quantitative estimate of drug-likeness (QED) is 0.532. The highest BCUT2D eigenvalue weighted by Gasteiger charge is 2.15. The second-order valence-corrected chi connectivity index (χ2v) is 4.48. The molecule has 0 aliphatic heterocycles. The lowest BCUT2D eigenvalue weighted by Crippen LogP contribution is -2.36. The molecule has 0 aromatic carbocycles. The SMILES string of the molecule is O=CNC(CCSCc1cccnc1)C(=O)O. The summed E-state index contributed by atoms with van der Waals surface area (Å²) in [5, 5.41) is 11.1. The number of carbonyl (C=O) groups excluding carboxylic acids is 1. The van der Waals surface area contributed by atoms with Crippen LogP contribution in [-0.2, 0) is 15.3 Å². The first-order valence-corrected chi connectivity index (χ1v) is 6.28. The minimum Gasteiger partial charge on any atom is -0.480 e. The van der Waals surface area contributed by atoms with Gasteiger partial charge in [-0.3, -0.25) is 9.78 Å². The van der Waals surface area contributed by atoms with E-state index in [9.17, 15) is 9.59 Å². The fourth-order valence-electron chi connectivity index (χ4n) is 1.23. The van der Waals surface area contributed by atoms with Crippen molar-refractivity contribution < 1.29 is 14.7 Å². The van der Waals surface area contributed by atoms with Gasteiger partial charge in [-0.15, -0.1) is 0 Å². The standard InChI is InChI=1S/C11H14N2O3S/c14-8-13-10(11(15)16)3-5-17-7-9-2-1-4-12-6-9/h1-2,4,6,8,10H,3,5,7H2,(H,13,14)(H,15,16). The van der Waals surface area contributed by atoms with Crippen molar-refractivity contribution in [3.63, 3.8) is 0 Å². The largest absolute Gasteiger partial charge is 0.480 e. The van der Waals surface area contributed by atoms with Gasteiger partial charge in [-0.25, -0.2) is 4.79 Å². The lowest BCUT2D eigenvalue weighted by atomic mass is 10.2. The molecule has 1 aromatic heterocycles. The van der Waals surface area contributed by atoms with Gasteiger partial charge in [0, 0.05) is 18.1 Å². The molecule has 1 unspecified atom stereocenters. The maximum atomic E-state index is 10.7. The third-order valence-corrected chi connectivity index (χ3v) is 3.17. The van der Waals surface area contributed by atoms with Crippen molar-refractivity contribution in [2.24, 2.45) is 0 Å². The molecule has 6 heteroatoms. The Hall–Kier alpha value is -1.56. The lowest BCUT2D eigenvalue weighted by Gasteiger charge is -2.10. The topological polar surface area (TPSA) is 79.3 Å². The van der Waals surface area contributed by atoms with Crippen LogP contribution in [0.25, 0.3) is 0 Å². The first kappa shape index (κ1) is 13.5. The molecule has 0 aliphatic rings. The zero-order chi connectivity index (χ0) is 12.5. The van der Waals surface area contributed by atoms with Crippen LogP contribution in [0.3, 0.4) is 0 Å². The van der Waals surface area contributed by atoms with Crippen LogP contribution in [0.15, 0.2) is 24.5 Å². The minimum atomic E-state index is -1.00. The zero-order valence-electron chi connectivity index (χ0n) is 9.20. The number of carboxylic acids is 1. The number of nitrogens with one attached hydrogen (secondary N) is 1. The van der Waals surface area contributed by atoms with Crippen LogP contribution in [0.5, 0.6) is 0 Å². The van der Waals surface area contributed by atoms with Crippen LogP contribution in [0.2, 0.25) is 0 Å². The molecule has 0 spiro atoms. The predicted molar refractivity (Wildman–Crippen MR) is 65.6 cm³/mol. The third-order valence-electron chi connectivity index (χ3n) is 2.11. The van der Waals surface area contributed by atoms with Crippen molar-refractivity contribution >= 4 is 24.1 Å². The molecule has 1 heterocycles. The highest BCUT2D eigenvalue weighted by Crippen LogP contribution is 2.12. The van der Waals surface area contributed by atoms with E-state index in [4.69, 9.17) is 5.11 Å². The maximum absolute atomic E-state index is 10.7. The van der Waals surface area contributed by atoms with E-state index in [0.717, 1.165) is 11.3 Å². The molecule has 0 saturated heterocycles. The Morgan fingerprint density at radius 1 is 1.65 bits per heavy atom. The summed E-state index contributed by atoms with van der Waals surface area (Å²) in [5.74, 6) is 0.465. The molecule has 5 nitrogen and oxygen atoms in total. The normalized spacial score (nSPS) is 11.8. The Kier molecular flexibility index (Phi) is 6.09. The molecule has 1 rings (SSSR count). The van der Waals surface area contributed by atoms with Crippen LogP contribution in [-0.4, -0.2) is 34.3 Å². The molecule has 1 aromatic rings. The van der Waals surface area contributed by atoms with Crippen molar-refractivity contribution in [1.29, 1.82) is 0 Å². The molecular formula is C11H14N2O3S. The van der Waals surface area contributed by atoms with E-state index < -0.39 is 12.0 Å². The Balaban J connectivity index is 2.23. The molecule has 0 saturated carbocycles. The number of amides is 1. The van der Waals surface area contributed by atoms with Crippen LogP contribution < -0.4 is 5.32 Å². The highest BCUT2D eigenvalue weighted by molar-refractivity contribution is 7.98. The van der Waals surface area contributed by atoms with Crippen molar-refractivity contribution in [2.75, 3.05) is 5.75 Å². The summed E-state index contributed by atoms with van der Waals surface area (Å²) in [5.41, 5.74) is 1.10. The third kappa shape index (κ3) is 5.35. The molecular weight excluding hydrogens is 240 g/mol. The number of aliphatic carboxylic acids is 1. The molecule has 17 heavy (non-hydrogen) atoms. The van der Waals surface area contributed by atoms with E-state index in [2.05, 4.69) is 10.3 Å². The van der Waals surface area contributed by atoms with Gasteiger partial charge in [-0.1, -0.05) is 6.07 Å². The molecule has 0 bridgehead atoms. The molecule has 1 amide bonds. The Morgan fingerprint density at radius 2 is 2.47 bits per heavy atom. The van der Waals surface area contributed by atoms with Crippen molar-refractivity contribution in [3.05, 3.63) is 30.1 Å². The predicted octanol–water partition coefficient (Wildman–Crippen LogP) is 0.904. The number of thioether (sulfide) groups is 1. The van der Waals surface area contributed by atoms with Gasteiger partial charge < -0.3 is 10.4 Å². The van der Waals surface area contributed by atoms with E-state index in [0.29, 0.717) is 18.6 Å². The smallest absolute Gasteiger partial charge is 0.326 e. The molecule has 0 fully saturated rings. The summed E-state index contributed by atoms with van der Waals surface area (Å²) in [6.07, 6.45) is 4.33. The van der Waals surface area contributed by atoms with Gasteiger partial charge >= 0.3 is 5.97 Å². The molecule has 1 atom stereocenters. The zero-order valence-corrected chi connectivity index (χ0v) is 10.0. The fraction of sp³-hybridized carbons (Fsp3) is 0.364. The average Bonchev–Trinajstić information content (AvgIpc) is 2.34. The van der Waals surface area contributed by atoms with Gasteiger partial charge in [0.1, 0.15) is 6.04 Å². The van der Waals surface area contributed by atoms with Gasteiger partial charge in [-0.2, -0.15) is 11.8 Å². The molecule has 0 radical (unpaired) electrons. The van der Waals surface area contributed by atoms with Crippen LogP contribution in [0, 0.1) is 0 Å². The Bertz CT molecular complexity index is 359. The number of pyridine rings is 1. The summed E-state index contributed by atoms with van der Waals surface area (Å²) in [4.78, 5) is 24.9. The first-order chi connectivity index (χ1) is 8.24. The minimum absolute atomic E-state index is 0.416. The Morgan fingerprint density at radius 3 is 3.06 bits per heavy atom. The second-order valence-electron chi connectivity index (χ2n) is 3.38. The number of carboxylic acid groups (broad SMARTS) is 1. The number of nitrogens with zero attached hydrogens (tertiary/aromatic N) is 1. The van der Waals surface area contributed by atoms with Gasteiger partial charge in [-0.05, 0) is 23.8 Å². The summed E-state index contributed by atoms with van der Waals surface area (Å²) < 4.78 is 0. The van der Waals surface area contributed by atoms with Crippen molar-refractivity contribution in [2.45, 2.75) is 18.2 Å². The molecule has 92 valence electrons. The number of rotatable bonds is 8. The van der Waals surface area contributed by atoms with Crippen LogP contribution in [0.1, 0.15) is 12.0 Å². The van der Waals surface area contributed by atoms with Gasteiger partial charge in [0.05, 0.1) is 0 Å². The van der Waals surface area contributed by atoms with E-state index in [1.165, 1.54) is 0 Å². The van der Waals surface area contributed by atoms with Gasteiger partial charge in [0.15, 0.2) is 0 Å². The number of hydrogen-bond donors (Lipinski definition) is 2. The van der Waals surface area contributed by atoms with Crippen molar-refractivity contribution in [3.8, 4) is 0 Å². The first-order valence-electron chi connectivity index (χ1n) is 5.13. The second kappa shape index (κ2) is 7.67. The number of aromatic nitrogens is 1. The van der Waals surface area contributed by atoms with Crippen molar-refractivity contribution in [1.82, 2.24) is 10.3 Å². The fourth-order valence-corrected chi connectivity index (χ4v) is 2.19. The monoisotopic (exact) mass is 254 g/mol. The summed E-state index contributed by atoms with van der Waals surface area (Å²) in [7, 11) is 0. The molecule has 0 aliphatic carbocycles. The van der Waals surface area contributed by atoms with Crippen LogP contribution in [0.4, 0.5) is 0 Å². The number of hydrogen-bond acceptors (Lipinski definition) is 4. The number of carbonyl (C=O) groups is 2. The van der Waals surface area contributed by atoms with E-state index >= 15 is 0 Å².